The van der Waals surface area contributed by atoms with Crippen LogP contribution in [0.4, 0.5) is 0 Å². The molecule has 7 nitrogen and oxygen atoms in total. The molecule has 4 rings (SSSR count). The van der Waals surface area contributed by atoms with E-state index >= 15 is 0 Å². The number of hydroxylamine groups is 1. The van der Waals surface area contributed by atoms with Gasteiger partial charge in [-0.05, 0) is 35.8 Å². The molecule has 1 spiro atoms. The molecule has 156 valence electrons. The second-order valence-electron chi connectivity index (χ2n) is 7.69. The minimum absolute atomic E-state index is 0.171. The smallest absolute Gasteiger partial charge is 0.267 e. The van der Waals surface area contributed by atoms with Crippen molar-refractivity contribution in [3.8, 4) is 5.75 Å². The molecule has 2 aromatic rings. The predicted molar refractivity (Wildman–Crippen MR) is 112 cm³/mol. The van der Waals surface area contributed by atoms with Crippen molar-refractivity contribution in [3.05, 3.63) is 71.3 Å². The quantitative estimate of drug-likeness (QED) is 0.402. The van der Waals surface area contributed by atoms with E-state index in [1.54, 1.807) is 18.2 Å². The van der Waals surface area contributed by atoms with Gasteiger partial charge in [-0.2, -0.15) is 0 Å². The first-order valence-electron chi connectivity index (χ1n) is 10.1. The van der Waals surface area contributed by atoms with Crippen molar-refractivity contribution in [1.29, 1.82) is 0 Å². The molecular weight excluding hydrogens is 382 g/mol. The summed E-state index contributed by atoms with van der Waals surface area (Å²) in [7, 11) is 0. The fourth-order valence-corrected chi connectivity index (χ4v) is 3.93. The van der Waals surface area contributed by atoms with E-state index < -0.39 is 11.6 Å². The van der Waals surface area contributed by atoms with Crippen molar-refractivity contribution in [2.24, 2.45) is 0 Å². The molecule has 3 N–H and O–H groups in total. The number of fused-ring (bicyclic) bond motifs is 1. The molecule has 0 aromatic heterocycles. The third kappa shape index (κ3) is 4.53. The normalized spacial score (nSPS) is 18.0. The summed E-state index contributed by atoms with van der Waals surface area (Å²) < 4.78 is 6.24. The molecule has 1 fully saturated rings. The Morgan fingerprint density at radius 2 is 1.97 bits per heavy atom. The highest BCUT2D eigenvalue weighted by molar-refractivity contribution is 5.99. The third-order valence-electron chi connectivity index (χ3n) is 5.66. The molecule has 30 heavy (non-hydrogen) atoms. The Morgan fingerprint density at radius 1 is 1.20 bits per heavy atom. The number of carbonyl (C=O) groups is 2. The van der Waals surface area contributed by atoms with Crippen molar-refractivity contribution in [1.82, 2.24) is 15.7 Å². The number of piperidine rings is 1. The summed E-state index contributed by atoms with van der Waals surface area (Å²) in [6.07, 6.45) is 5.18. The Kier molecular flexibility index (Phi) is 5.83. The van der Waals surface area contributed by atoms with Crippen LogP contribution < -0.4 is 15.5 Å². The van der Waals surface area contributed by atoms with Crippen LogP contribution in [0, 0.1) is 0 Å². The number of hydrogen-bond acceptors (Lipinski definition) is 5. The minimum atomic E-state index is -0.665. The average Bonchev–Trinajstić information content (AvgIpc) is 2.78. The molecule has 0 bridgehead atoms. The van der Waals surface area contributed by atoms with Crippen LogP contribution in [-0.4, -0.2) is 47.3 Å². The lowest BCUT2D eigenvalue weighted by atomic mass is 9.96. The largest absolute Gasteiger partial charge is 0.467 e. The van der Waals surface area contributed by atoms with Crippen LogP contribution in [0.2, 0.25) is 0 Å². The Labute approximate surface area is 175 Å². The van der Waals surface area contributed by atoms with E-state index in [1.807, 2.05) is 6.07 Å². The molecule has 2 aliphatic rings. The monoisotopic (exact) mass is 407 g/mol. The first-order chi connectivity index (χ1) is 14.6. The summed E-state index contributed by atoms with van der Waals surface area (Å²) in [5, 5.41) is 11.6. The number of amides is 2. The molecule has 0 radical (unpaired) electrons. The summed E-state index contributed by atoms with van der Waals surface area (Å²) >= 11 is 0. The number of likely N-dealkylation sites (tertiary alicyclic amines) is 1. The van der Waals surface area contributed by atoms with Crippen molar-refractivity contribution < 1.29 is 19.5 Å². The summed E-state index contributed by atoms with van der Waals surface area (Å²) in [6.45, 7) is 2.71. The van der Waals surface area contributed by atoms with Crippen LogP contribution in [-0.2, 0) is 11.2 Å². The van der Waals surface area contributed by atoms with Crippen LogP contribution in [0.3, 0.4) is 0 Å². The molecule has 7 heteroatoms. The number of carbonyl (C=O) groups excluding carboxylic acids is 2. The van der Waals surface area contributed by atoms with Gasteiger partial charge in [0, 0.05) is 38.6 Å². The van der Waals surface area contributed by atoms with Gasteiger partial charge in [0.15, 0.2) is 5.72 Å². The van der Waals surface area contributed by atoms with Crippen LogP contribution in [0.1, 0.15) is 34.3 Å². The van der Waals surface area contributed by atoms with E-state index in [0.717, 1.165) is 38.9 Å². The van der Waals surface area contributed by atoms with Gasteiger partial charge in [0.1, 0.15) is 5.75 Å². The topological polar surface area (TPSA) is 90.9 Å². The third-order valence-corrected chi connectivity index (χ3v) is 5.66. The number of nitrogens with one attached hydrogen (secondary N) is 2. The maximum absolute atomic E-state index is 12.7. The van der Waals surface area contributed by atoms with E-state index in [1.165, 1.54) is 23.2 Å². The molecule has 0 atom stereocenters. The van der Waals surface area contributed by atoms with E-state index in [-0.39, 0.29) is 5.91 Å². The van der Waals surface area contributed by atoms with Crippen LogP contribution in [0.15, 0.2) is 54.6 Å². The van der Waals surface area contributed by atoms with Crippen molar-refractivity contribution in [2.75, 3.05) is 19.6 Å². The fourth-order valence-electron chi connectivity index (χ4n) is 3.93. The van der Waals surface area contributed by atoms with Gasteiger partial charge in [-0.1, -0.05) is 36.4 Å². The number of ether oxygens (including phenoxy) is 1. The molecule has 1 saturated heterocycles. The summed E-state index contributed by atoms with van der Waals surface area (Å²) in [6, 6.07) is 15.7. The maximum Gasteiger partial charge on any atom is 0.267 e. The number of benzene rings is 2. The van der Waals surface area contributed by atoms with Gasteiger partial charge in [-0.15, -0.1) is 0 Å². The summed E-state index contributed by atoms with van der Waals surface area (Å²) in [5.74, 6) is -0.248. The second-order valence-corrected chi connectivity index (χ2v) is 7.69. The van der Waals surface area contributed by atoms with E-state index in [9.17, 15) is 9.59 Å². The van der Waals surface area contributed by atoms with E-state index in [2.05, 4.69) is 34.5 Å². The zero-order chi connectivity index (χ0) is 21.0. The van der Waals surface area contributed by atoms with E-state index in [0.29, 0.717) is 16.9 Å². The van der Waals surface area contributed by atoms with Gasteiger partial charge in [0.25, 0.3) is 11.8 Å². The van der Waals surface area contributed by atoms with Gasteiger partial charge in [0.2, 0.25) is 0 Å². The van der Waals surface area contributed by atoms with Gasteiger partial charge in [-0.3, -0.25) is 14.8 Å². The zero-order valence-corrected chi connectivity index (χ0v) is 16.6. The van der Waals surface area contributed by atoms with Gasteiger partial charge < -0.3 is 15.0 Å². The van der Waals surface area contributed by atoms with Crippen LogP contribution in [0.25, 0.3) is 6.08 Å². The summed E-state index contributed by atoms with van der Waals surface area (Å²) in [5.41, 5.74) is 3.31. The highest BCUT2D eigenvalue weighted by Crippen LogP contribution is 2.34. The Morgan fingerprint density at radius 3 is 2.70 bits per heavy atom. The lowest BCUT2D eigenvalue weighted by Gasteiger charge is -2.44. The molecule has 2 aliphatic heterocycles. The highest BCUT2D eigenvalue weighted by Gasteiger charge is 2.42. The first-order valence-corrected chi connectivity index (χ1v) is 10.1. The fraction of sp³-hybridized carbons (Fsp3) is 0.304. The number of nitrogens with zero attached hydrogens (tertiary/aromatic N) is 1. The van der Waals surface area contributed by atoms with Crippen LogP contribution >= 0.6 is 0 Å². The summed E-state index contributed by atoms with van der Waals surface area (Å²) in [4.78, 5) is 26.3. The molecule has 0 aliphatic carbocycles. The average molecular weight is 407 g/mol. The van der Waals surface area contributed by atoms with Gasteiger partial charge in [-0.25, -0.2) is 5.48 Å². The molecule has 0 saturated carbocycles. The van der Waals surface area contributed by atoms with Crippen molar-refractivity contribution >= 4 is 17.9 Å². The Hall–Kier alpha value is -3.16. The zero-order valence-electron chi connectivity index (χ0n) is 16.6. The highest BCUT2D eigenvalue weighted by atomic mass is 16.5. The number of hydrogen-bond donors (Lipinski definition) is 3. The van der Waals surface area contributed by atoms with E-state index in [4.69, 9.17) is 9.94 Å². The van der Waals surface area contributed by atoms with Gasteiger partial charge in [0.05, 0.1) is 5.56 Å². The molecule has 2 heterocycles. The maximum atomic E-state index is 12.7. The van der Waals surface area contributed by atoms with Gasteiger partial charge >= 0.3 is 0 Å². The Balaban J connectivity index is 1.38. The second kappa shape index (κ2) is 8.69. The predicted octanol–water partition coefficient (Wildman–Crippen LogP) is 2.36. The van der Waals surface area contributed by atoms with Crippen molar-refractivity contribution in [3.63, 3.8) is 0 Å². The molecule has 2 aromatic carbocycles. The van der Waals surface area contributed by atoms with Crippen molar-refractivity contribution in [2.45, 2.75) is 25.0 Å². The molecular formula is C23H25N3O4. The first kappa shape index (κ1) is 20.1. The molecule has 2 amide bonds. The number of rotatable bonds is 5. The standard InChI is InChI=1S/C23H25N3O4/c27-21(25-29)9-7-18-6-8-20-19(16-18)22(28)24-23(30-20)11-14-26(15-12-23)13-10-17-4-2-1-3-5-17/h1-9,16,29H,10-15H2,(H,24,28)(H,25,27). The lowest BCUT2D eigenvalue weighted by molar-refractivity contribution is -0.124. The SMILES string of the molecule is O=C(C=Cc1ccc2c(c1)C(=O)NC1(CCN(CCc3ccccc3)CC1)O2)NO. The van der Waals surface area contributed by atoms with Crippen LogP contribution in [0.5, 0.6) is 5.75 Å². The Bertz CT molecular complexity index is 950. The molecule has 0 unspecified atom stereocenters. The lowest BCUT2D eigenvalue weighted by Crippen LogP contribution is -2.61. The minimum Gasteiger partial charge on any atom is -0.467 e.